The normalized spacial score (nSPS) is 11.0. The first kappa shape index (κ1) is 15.7. The van der Waals surface area contributed by atoms with E-state index in [4.69, 9.17) is 15.2 Å². The van der Waals surface area contributed by atoms with Gasteiger partial charge in [0.1, 0.15) is 10.4 Å². The fraction of sp³-hybridized carbons (Fsp3) is 0.429. The molecule has 114 valence electrons. The molecule has 1 amide bonds. The Hall–Kier alpha value is -1.70. The molecule has 0 aliphatic rings. The van der Waals surface area contributed by atoms with E-state index in [2.05, 4.69) is 4.98 Å². The van der Waals surface area contributed by atoms with Crippen molar-refractivity contribution in [1.82, 2.24) is 9.88 Å². The van der Waals surface area contributed by atoms with Crippen LogP contribution < -0.4 is 5.73 Å². The monoisotopic (exact) mass is 309 g/mol. The Labute approximate surface area is 127 Å². The number of pyridine rings is 1. The molecule has 2 heterocycles. The lowest BCUT2D eigenvalue weighted by atomic mass is 10.3. The molecule has 0 atom stereocenters. The van der Waals surface area contributed by atoms with E-state index in [0.717, 1.165) is 4.70 Å². The lowest BCUT2D eigenvalue weighted by Crippen LogP contribution is -2.36. The standard InChI is InChI=1S/C14H19N3O3S/c1-19-8-6-17(7-9-20-2)14(18)13-11(15)12-10(21-13)4-3-5-16-12/h3-5H,6-9,15H2,1-2H3. The second-order valence-corrected chi connectivity index (χ2v) is 5.53. The average molecular weight is 309 g/mol. The van der Waals surface area contributed by atoms with Crippen LogP contribution in [0.5, 0.6) is 0 Å². The molecule has 2 N–H and O–H groups in total. The number of nitrogens with two attached hydrogens (primary N) is 1. The Balaban J connectivity index is 2.26. The van der Waals surface area contributed by atoms with Gasteiger partial charge >= 0.3 is 0 Å². The molecule has 0 aliphatic carbocycles. The maximum absolute atomic E-state index is 12.7. The van der Waals surface area contributed by atoms with Crippen molar-refractivity contribution < 1.29 is 14.3 Å². The number of carbonyl (C=O) groups is 1. The molecule has 0 spiro atoms. The Kier molecular flexibility index (Phi) is 5.49. The third kappa shape index (κ3) is 3.49. The van der Waals surface area contributed by atoms with Gasteiger partial charge in [-0.1, -0.05) is 0 Å². The number of methoxy groups -OCH3 is 2. The molecular weight excluding hydrogens is 290 g/mol. The van der Waals surface area contributed by atoms with E-state index in [-0.39, 0.29) is 5.91 Å². The van der Waals surface area contributed by atoms with Gasteiger partial charge in [0.15, 0.2) is 0 Å². The molecule has 2 aromatic heterocycles. The molecule has 6 nitrogen and oxygen atoms in total. The lowest BCUT2D eigenvalue weighted by Gasteiger charge is -2.21. The molecular formula is C14H19N3O3S. The number of hydrogen-bond acceptors (Lipinski definition) is 6. The van der Waals surface area contributed by atoms with Crippen LogP contribution in [0.2, 0.25) is 0 Å². The van der Waals surface area contributed by atoms with Crippen molar-refractivity contribution in [2.75, 3.05) is 46.3 Å². The third-order valence-electron chi connectivity index (χ3n) is 3.09. The summed E-state index contributed by atoms with van der Waals surface area (Å²) in [6.45, 7) is 1.94. The van der Waals surface area contributed by atoms with Gasteiger partial charge in [-0.05, 0) is 12.1 Å². The van der Waals surface area contributed by atoms with Gasteiger partial charge in [0, 0.05) is 33.5 Å². The van der Waals surface area contributed by atoms with Crippen molar-refractivity contribution >= 4 is 33.1 Å². The van der Waals surface area contributed by atoms with E-state index in [1.807, 2.05) is 12.1 Å². The lowest BCUT2D eigenvalue weighted by molar-refractivity contribution is 0.0633. The van der Waals surface area contributed by atoms with Gasteiger partial charge in [-0.2, -0.15) is 0 Å². The number of hydrogen-bond donors (Lipinski definition) is 1. The van der Waals surface area contributed by atoms with Crippen molar-refractivity contribution in [3.8, 4) is 0 Å². The van der Waals surface area contributed by atoms with Crippen molar-refractivity contribution in [2.45, 2.75) is 0 Å². The van der Waals surface area contributed by atoms with Crippen LogP contribution in [0, 0.1) is 0 Å². The molecule has 2 rings (SSSR count). The summed E-state index contributed by atoms with van der Waals surface area (Å²) in [5.74, 6) is -0.107. The van der Waals surface area contributed by atoms with E-state index < -0.39 is 0 Å². The quantitative estimate of drug-likeness (QED) is 0.841. The van der Waals surface area contributed by atoms with Crippen LogP contribution in [-0.4, -0.2) is 56.3 Å². The molecule has 21 heavy (non-hydrogen) atoms. The smallest absolute Gasteiger partial charge is 0.266 e. The number of aromatic nitrogens is 1. The van der Waals surface area contributed by atoms with Crippen LogP contribution in [0.25, 0.3) is 10.2 Å². The van der Waals surface area contributed by atoms with Crippen molar-refractivity contribution in [3.63, 3.8) is 0 Å². The maximum atomic E-state index is 12.7. The van der Waals surface area contributed by atoms with Gasteiger partial charge in [0.05, 0.1) is 23.6 Å². The highest BCUT2D eigenvalue weighted by atomic mass is 32.1. The van der Waals surface area contributed by atoms with E-state index in [1.54, 1.807) is 25.3 Å². The molecule has 7 heteroatoms. The average Bonchev–Trinajstić information content (AvgIpc) is 2.84. The van der Waals surface area contributed by atoms with Gasteiger partial charge in [0.2, 0.25) is 0 Å². The summed E-state index contributed by atoms with van der Waals surface area (Å²) in [6, 6.07) is 3.74. The highest BCUT2D eigenvalue weighted by molar-refractivity contribution is 7.21. The fourth-order valence-corrected chi connectivity index (χ4v) is 3.02. The summed E-state index contributed by atoms with van der Waals surface area (Å²) in [5.41, 5.74) is 7.20. The van der Waals surface area contributed by atoms with Crippen LogP contribution in [0.4, 0.5) is 5.69 Å². The predicted octanol–water partition coefficient (Wildman–Crippen LogP) is 1.61. The van der Waals surface area contributed by atoms with E-state index in [1.165, 1.54) is 11.3 Å². The number of carbonyl (C=O) groups excluding carboxylic acids is 1. The highest BCUT2D eigenvalue weighted by Gasteiger charge is 2.22. The summed E-state index contributed by atoms with van der Waals surface area (Å²) in [4.78, 5) is 19.1. The molecule has 0 fully saturated rings. The zero-order chi connectivity index (χ0) is 15.2. The first-order valence-corrected chi connectivity index (χ1v) is 7.40. The third-order valence-corrected chi connectivity index (χ3v) is 4.24. The predicted molar refractivity (Wildman–Crippen MR) is 83.7 cm³/mol. The Morgan fingerprint density at radius 2 is 2.00 bits per heavy atom. The number of ether oxygens (including phenoxy) is 2. The number of thiophene rings is 1. The topological polar surface area (TPSA) is 77.7 Å². The summed E-state index contributed by atoms with van der Waals surface area (Å²) < 4.78 is 11.0. The molecule has 0 saturated heterocycles. The minimum Gasteiger partial charge on any atom is -0.396 e. The summed E-state index contributed by atoms with van der Waals surface area (Å²) in [5, 5.41) is 0. The zero-order valence-electron chi connectivity index (χ0n) is 12.2. The van der Waals surface area contributed by atoms with Crippen LogP contribution in [0.15, 0.2) is 18.3 Å². The number of anilines is 1. The Bertz CT molecular complexity index is 607. The van der Waals surface area contributed by atoms with Gasteiger partial charge in [-0.3, -0.25) is 9.78 Å². The zero-order valence-corrected chi connectivity index (χ0v) is 13.0. The van der Waals surface area contributed by atoms with E-state index >= 15 is 0 Å². The minimum absolute atomic E-state index is 0.107. The molecule has 0 saturated carbocycles. The number of amides is 1. The second-order valence-electron chi connectivity index (χ2n) is 4.47. The number of nitrogens with zero attached hydrogens (tertiary/aromatic N) is 2. The van der Waals surface area contributed by atoms with E-state index in [9.17, 15) is 4.79 Å². The first-order valence-electron chi connectivity index (χ1n) is 6.59. The number of fused-ring (bicyclic) bond motifs is 1. The number of nitrogen functional groups attached to an aromatic ring is 1. The molecule has 0 bridgehead atoms. The van der Waals surface area contributed by atoms with Crippen molar-refractivity contribution in [1.29, 1.82) is 0 Å². The first-order chi connectivity index (χ1) is 10.2. The molecule has 0 aromatic carbocycles. The summed E-state index contributed by atoms with van der Waals surface area (Å²) in [6.07, 6.45) is 1.67. The minimum atomic E-state index is -0.107. The van der Waals surface area contributed by atoms with Gasteiger partial charge in [-0.15, -0.1) is 11.3 Å². The number of rotatable bonds is 7. The Morgan fingerprint density at radius 3 is 2.57 bits per heavy atom. The summed E-state index contributed by atoms with van der Waals surface area (Å²) >= 11 is 1.37. The van der Waals surface area contributed by atoms with Gasteiger partial charge in [0.25, 0.3) is 5.91 Å². The molecule has 2 aromatic rings. The Morgan fingerprint density at radius 1 is 1.33 bits per heavy atom. The van der Waals surface area contributed by atoms with Crippen molar-refractivity contribution in [3.05, 3.63) is 23.2 Å². The van der Waals surface area contributed by atoms with Crippen LogP contribution in [-0.2, 0) is 9.47 Å². The fourth-order valence-electron chi connectivity index (χ4n) is 1.97. The van der Waals surface area contributed by atoms with Crippen molar-refractivity contribution in [2.24, 2.45) is 0 Å². The van der Waals surface area contributed by atoms with Crippen LogP contribution in [0.1, 0.15) is 9.67 Å². The SMILES string of the molecule is COCCN(CCOC)C(=O)c1sc2cccnc2c1N. The molecule has 0 radical (unpaired) electrons. The largest absolute Gasteiger partial charge is 0.396 e. The molecule has 0 unspecified atom stereocenters. The van der Waals surface area contributed by atoms with Crippen LogP contribution in [0.3, 0.4) is 0 Å². The van der Waals surface area contributed by atoms with E-state index in [0.29, 0.717) is 42.4 Å². The maximum Gasteiger partial charge on any atom is 0.266 e. The molecule has 0 aliphatic heterocycles. The highest BCUT2D eigenvalue weighted by Crippen LogP contribution is 2.32. The second kappa shape index (κ2) is 7.35. The van der Waals surface area contributed by atoms with Gasteiger partial charge in [-0.25, -0.2) is 0 Å². The van der Waals surface area contributed by atoms with Crippen LogP contribution >= 0.6 is 11.3 Å². The summed E-state index contributed by atoms with van der Waals surface area (Å²) in [7, 11) is 3.22. The van der Waals surface area contributed by atoms with Gasteiger partial charge < -0.3 is 20.1 Å².